The molecule has 0 aromatic heterocycles. The Kier molecular flexibility index (Phi) is 5.10. The molecule has 2 aliphatic heterocycles. The number of benzene rings is 2. The fraction of sp³-hybridized carbons (Fsp3) is 0.261. The highest BCUT2D eigenvalue weighted by Gasteiger charge is 2.66. The number of aliphatic hydroxyl groups excluding tert-OH is 1. The summed E-state index contributed by atoms with van der Waals surface area (Å²) in [6.07, 6.45) is 0.390. The smallest absolute Gasteiger partial charge is 0.296 e. The number of rotatable bonds is 5. The van der Waals surface area contributed by atoms with Crippen molar-refractivity contribution in [3.05, 3.63) is 71.0 Å². The molecular formula is C23H21FN2O5. The molecule has 4 rings (SSSR count). The van der Waals surface area contributed by atoms with E-state index in [1.165, 1.54) is 29.0 Å². The summed E-state index contributed by atoms with van der Waals surface area (Å²) in [6, 6.07) is 11.7. The molecule has 0 bridgehead atoms. The fourth-order valence-corrected chi connectivity index (χ4v) is 4.39. The lowest BCUT2D eigenvalue weighted by Gasteiger charge is -2.34. The van der Waals surface area contributed by atoms with Crippen LogP contribution in [0.2, 0.25) is 0 Å². The van der Waals surface area contributed by atoms with Gasteiger partial charge in [0.05, 0.1) is 5.57 Å². The van der Waals surface area contributed by atoms with Crippen molar-refractivity contribution in [2.75, 3.05) is 32.2 Å². The van der Waals surface area contributed by atoms with Gasteiger partial charge in [-0.3, -0.25) is 14.4 Å². The van der Waals surface area contributed by atoms with Crippen molar-refractivity contribution in [3.63, 3.8) is 0 Å². The van der Waals surface area contributed by atoms with E-state index < -0.39 is 34.7 Å². The number of carbonyl (C=O) groups excluding carboxylic acids is 3. The van der Waals surface area contributed by atoms with E-state index in [0.29, 0.717) is 24.3 Å². The number of aliphatic hydroxyl groups is 1. The Balaban J connectivity index is 2.01. The molecule has 0 aliphatic carbocycles. The minimum absolute atomic E-state index is 0.0759. The van der Waals surface area contributed by atoms with Gasteiger partial charge in [-0.25, -0.2) is 4.39 Å². The summed E-state index contributed by atoms with van der Waals surface area (Å²) in [5.41, 5.74) is -1.01. The van der Waals surface area contributed by atoms with E-state index in [4.69, 9.17) is 4.74 Å². The van der Waals surface area contributed by atoms with E-state index in [1.54, 1.807) is 31.3 Å². The van der Waals surface area contributed by atoms with Crippen LogP contribution in [0.25, 0.3) is 5.76 Å². The standard InChI is InChI=1S/C23H21FN2O5/c1-25-17-7-4-3-6-16(17)23(22(25)30)18(19(27)14-8-10-15(24)11-9-14)20(28)21(29)26(23)12-5-13-31-2/h3-4,6-11,27H,5,12-13H2,1-2H3/t23-/m0/s1. The van der Waals surface area contributed by atoms with Gasteiger partial charge in [-0.1, -0.05) is 18.2 Å². The average Bonchev–Trinajstić information content (AvgIpc) is 3.13. The quantitative estimate of drug-likeness (QED) is 0.345. The minimum atomic E-state index is -1.80. The third kappa shape index (κ3) is 2.86. The van der Waals surface area contributed by atoms with Crippen LogP contribution in [-0.4, -0.2) is 54.9 Å². The van der Waals surface area contributed by atoms with Crippen LogP contribution in [0.5, 0.6) is 0 Å². The van der Waals surface area contributed by atoms with Crippen molar-refractivity contribution in [2.24, 2.45) is 0 Å². The van der Waals surface area contributed by atoms with Gasteiger partial charge in [0.2, 0.25) is 0 Å². The van der Waals surface area contributed by atoms with Crippen LogP contribution in [0.3, 0.4) is 0 Å². The molecule has 1 fully saturated rings. The molecule has 160 valence electrons. The minimum Gasteiger partial charge on any atom is -0.507 e. The number of likely N-dealkylation sites (tertiary alicyclic amines) is 1. The fourth-order valence-electron chi connectivity index (χ4n) is 4.39. The number of halogens is 1. The number of Topliss-reactive ketones (excluding diaryl/α,β-unsaturated/α-hetero) is 1. The molecular weight excluding hydrogens is 403 g/mol. The Hall–Kier alpha value is -3.52. The summed E-state index contributed by atoms with van der Waals surface area (Å²) in [5, 5.41) is 11.1. The van der Waals surface area contributed by atoms with Crippen LogP contribution in [0.1, 0.15) is 17.5 Å². The molecule has 2 aromatic rings. The summed E-state index contributed by atoms with van der Waals surface area (Å²) in [7, 11) is 3.07. The van der Waals surface area contributed by atoms with Crippen molar-refractivity contribution >= 4 is 29.0 Å². The van der Waals surface area contributed by atoms with Gasteiger partial charge in [-0.05, 0) is 36.8 Å². The number of nitrogens with zero attached hydrogens (tertiary/aromatic N) is 2. The first-order valence-corrected chi connectivity index (χ1v) is 9.78. The molecule has 0 radical (unpaired) electrons. The van der Waals surface area contributed by atoms with Gasteiger partial charge in [-0.2, -0.15) is 0 Å². The Morgan fingerprint density at radius 1 is 1.10 bits per heavy atom. The van der Waals surface area contributed by atoms with Crippen LogP contribution in [0.4, 0.5) is 10.1 Å². The molecule has 1 saturated heterocycles. The summed E-state index contributed by atoms with van der Waals surface area (Å²) in [5.74, 6) is -3.40. The van der Waals surface area contributed by atoms with Crippen LogP contribution >= 0.6 is 0 Å². The second-order valence-electron chi connectivity index (χ2n) is 7.45. The highest BCUT2D eigenvalue weighted by molar-refractivity contribution is 6.50. The Morgan fingerprint density at radius 3 is 2.45 bits per heavy atom. The number of methoxy groups -OCH3 is 1. The number of carbonyl (C=O) groups is 3. The normalized spacial score (nSPS) is 22.0. The highest BCUT2D eigenvalue weighted by atomic mass is 19.1. The molecule has 1 N–H and O–H groups in total. The zero-order valence-corrected chi connectivity index (χ0v) is 17.1. The van der Waals surface area contributed by atoms with Crippen LogP contribution in [-0.2, 0) is 24.7 Å². The number of hydrogen-bond acceptors (Lipinski definition) is 5. The molecule has 2 aromatic carbocycles. The molecule has 7 nitrogen and oxygen atoms in total. The lowest BCUT2D eigenvalue weighted by molar-refractivity contribution is -0.143. The first-order valence-electron chi connectivity index (χ1n) is 9.78. The molecule has 8 heteroatoms. The first-order chi connectivity index (χ1) is 14.9. The van der Waals surface area contributed by atoms with E-state index in [-0.39, 0.29) is 17.7 Å². The number of hydrogen-bond donors (Lipinski definition) is 1. The summed E-state index contributed by atoms with van der Waals surface area (Å²) in [6.45, 7) is 0.398. The predicted molar refractivity (Wildman–Crippen MR) is 111 cm³/mol. The molecule has 1 spiro atoms. The molecule has 1 atom stereocenters. The Morgan fingerprint density at radius 2 is 1.77 bits per heavy atom. The lowest BCUT2D eigenvalue weighted by Crippen LogP contribution is -2.51. The van der Waals surface area contributed by atoms with Crippen molar-refractivity contribution in [3.8, 4) is 0 Å². The Labute approximate surface area is 178 Å². The number of amides is 2. The van der Waals surface area contributed by atoms with Gasteiger partial charge in [-0.15, -0.1) is 0 Å². The van der Waals surface area contributed by atoms with Crippen molar-refractivity contribution in [1.82, 2.24) is 4.90 Å². The van der Waals surface area contributed by atoms with Crippen LogP contribution in [0.15, 0.2) is 54.1 Å². The number of anilines is 1. The number of likely N-dealkylation sites (N-methyl/N-ethyl adjacent to an activating group) is 1. The van der Waals surface area contributed by atoms with E-state index in [9.17, 15) is 23.9 Å². The zero-order chi connectivity index (χ0) is 22.3. The maximum absolute atomic E-state index is 13.7. The highest BCUT2D eigenvalue weighted by Crippen LogP contribution is 2.53. The first kappa shape index (κ1) is 20.7. The van der Waals surface area contributed by atoms with E-state index in [2.05, 4.69) is 0 Å². The molecule has 0 unspecified atom stereocenters. The summed E-state index contributed by atoms with van der Waals surface area (Å²) >= 11 is 0. The molecule has 2 heterocycles. The SMILES string of the molecule is COCCCN1C(=O)C(=O)C(=C(O)c2ccc(F)cc2)[C@@]12C(=O)N(C)c1ccccc12. The maximum atomic E-state index is 13.7. The summed E-state index contributed by atoms with van der Waals surface area (Å²) < 4.78 is 18.5. The third-order valence-corrected chi connectivity index (χ3v) is 5.79. The molecule has 0 saturated carbocycles. The topological polar surface area (TPSA) is 87.1 Å². The number of ether oxygens (including phenoxy) is 1. The Bertz CT molecular complexity index is 1110. The lowest BCUT2D eigenvalue weighted by atomic mass is 9.82. The van der Waals surface area contributed by atoms with Gasteiger partial charge in [0.25, 0.3) is 17.6 Å². The maximum Gasteiger partial charge on any atom is 0.296 e. The van der Waals surface area contributed by atoms with Crippen molar-refractivity contribution < 1.29 is 28.6 Å². The third-order valence-electron chi connectivity index (χ3n) is 5.79. The van der Waals surface area contributed by atoms with Gasteiger partial charge in [0, 0.05) is 44.1 Å². The second-order valence-corrected chi connectivity index (χ2v) is 7.45. The second kappa shape index (κ2) is 7.63. The van der Waals surface area contributed by atoms with E-state index in [1.807, 2.05) is 0 Å². The van der Waals surface area contributed by atoms with Crippen molar-refractivity contribution in [1.29, 1.82) is 0 Å². The van der Waals surface area contributed by atoms with Crippen LogP contribution in [0, 0.1) is 5.82 Å². The van der Waals surface area contributed by atoms with Crippen molar-refractivity contribution in [2.45, 2.75) is 12.0 Å². The van der Waals surface area contributed by atoms with Gasteiger partial charge in [0.15, 0.2) is 5.54 Å². The van der Waals surface area contributed by atoms with Gasteiger partial charge >= 0.3 is 0 Å². The molecule has 2 aliphatic rings. The average molecular weight is 424 g/mol. The largest absolute Gasteiger partial charge is 0.507 e. The number of para-hydroxylation sites is 1. The van der Waals surface area contributed by atoms with E-state index >= 15 is 0 Å². The monoisotopic (exact) mass is 424 g/mol. The summed E-state index contributed by atoms with van der Waals surface area (Å²) in [4.78, 5) is 42.5. The number of ketones is 1. The van der Waals surface area contributed by atoms with Gasteiger partial charge in [0.1, 0.15) is 11.6 Å². The predicted octanol–water partition coefficient (Wildman–Crippen LogP) is 2.41. The van der Waals surface area contributed by atoms with Gasteiger partial charge < -0.3 is 19.6 Å². The molecule has 2 amide bonds. The van der Waals surface area contributed by atoms with E-state index in [0.717, 1.165) is 12.1 Å². The zero-order valence-electron chi connectivity index (χ0n) is 17.1. The molecule has 31 heavy (non-hydrogen) atoms. The number of fused-ring (bicyclic) bond motifs is 2. The van der Waals surface area contributed by atoms with Crippen LogP contribution < -0.4 is 4.90 Å².